The third-order valence-corrected chi connectivity index (χ3v) is 3.50. The fourth-order valence-corrected chi connectivity index (χ4v) is 2.43. The number of carbonyl (C=O) groups excluding carboxylic acids is 1. The van der Waals surface area contributed by atoms with Gasteiger partial charge in [0.1, 0.15) is 5.78 Å². The summed E-state index contributed by atoms with van der Waals surface area (Å²) in [6.45, 7) is 6.98. The predicted molar refractivity (Wildman–Crippen MR) is 65.3 cm³/mol. The van der Waals surface area contributed by atoms with Crippen LogP contribution in [0.2, 0.25) is 0 Å². The van der Waals surface area contributed by atoms with Crippen molar-refractivity contribution < 1.29 is 4.79 Å². The molecular formula is C12H19NOS. The Morgan fingerprint density at radius 1 is 1.40 bits per heavy atom. The fourth-order valence-electron chi connectivity index (χ4n) is 1.28. The highest BCUT2D eigenvalue weighted by atomic mass is 32.1. The second-order valence-corrected chi connectivity index (χ2v) is 5.51. The van der Waals surface area contributed by atoms with Gasteiger partial charge in [0.15, 0.2) is 0 Å². The molecule has 0 amide bonds. The zero-order valence-corrected chi connectivity index (χ0v) is 10.7. The maximum Gasteiger partial charge on any atom is 0.135 e. The van der Waals surface area contributed by atoms with Crippen molar-refractivity contribution in [1.82, 2.24) is 4.90 Å². The maximum absolute atomic E-state index is 10.9. The average Bonchev–Trinajstić information content (AvgIpc) is 2.51. The molecule has 0 fully saturated rings. The van der Waals surface area contributed by atoms with Gasteiger partial charge in [-0.15, -0.1) is 11.3 Å². The summed E-state index contributed by atoms with van der Waals surface area (Å²) < 4.78 is 0. The van der Waals surface area contributed by atoms with Crippen LogP contribution in [0.5, 0.6) is 0 Å². The predicted octanol–water partition coefficient (Wildman–Crippen LogP) is 2.72. The highest BCUT2D eigenvalue weighted by Gasteiger charge is 2.07. The van der Waals surface area contributed by atoms with E-state index in [1.807, 2.05) is 0 Å². The first-order valence-corrected chi connectivity index (χ1v) is 6.08. The van der Waals surface area contributed by atoms with Crippen molar-refractivity contribution in [2.24, 2.45) is 0 Å². The summed E-state index contributed by atoms with van der Waals surface area (Å²) in [5, 5.41) is 0. The molecule has 0 aliphatic carbocycles. The van der Waals surface area contributed by atoms with E-state index in [1.165, 1.54) is 9.75 Å². The molecular weight excluding hydrogens is 206 g/mol. The van der Waals surface area contributed by atoms with Crippen LogP contribution in [-0.4, -0.2) is 23.8 Å². The summed E-state index contributed by atoms with van der Waals surface area (Å²) >= 11 is 1.74. The van der Waals surface area contributed by atoms with Crippen LogP contribution in [-0.2, 0) is 17.8 Å². The number of rotatable bonds is 5. The molecule has 0 unspecified atom stereocenters. The summed E-state index contributed by atoms with van der Waals surface area (Å²) in [7, 11) is 2.12. The maximum atomic E-state index is 10.9. The van der Waals surface area contributed by atoms with Gasteiger partial charge in [-0.25, -0.2) is 0 Å². The van der Waals surface area contributed by atoms with E-state index in [9.17, 15) is 4.79 Å². The number of hydrogen-bond acceptors (Lipinski definition) is 3. The number of Topliss-reactive ketones (excluding diaryl/α,β-unsaturated/α-hetero) is 1. The van der Waals surface area contributed by atoms with Gasteiger partial charge >= 0.3 is 0 Å². The largest absolute Gasteiger partial charge is 0.300 e. The first-order valence-electron chi connectivity index (χ1n) is 5.26. The lowest BCUT2D eigenvalue weighted by Gasteiger charge is -2.19. The molecule has 0 spiro atoms. The smallest absolute Gasteiger partial charge is 0.135 e. The molecule has 0 saturated carbocycles. The number of hydrogen-bond donors (Lipinski definition) is 0. The molecule has 0 N–H and O–H groups in total. The molecule has 15 heavy (non-hydrogen) atoms. The molecule has 3 heteroatoms. The Morgan fingerprint density at radius 2 is 2.00 bits per heavy atom. The van der Waals surface area contributed by atoms with E-state index in [0.29, 0.717) is 12.5 Å². The monoisotopic (exact) mass is 225 g/mol. The second kappa shape index (κ2) is 5.42. The summed E-state index contributed by atoms with van der Waals surface area (Å²) in [6.07, 6.45) is 0.579. The van der Waals surface area contributed by atoms with Crippen LogP contribution < -0.4 is 0 Å². The van der Waals surface area contributed by atoms with Crippen LogP contribution in [0.1, 0.15) is 30.5 Å². The highest BCUT2D eigenvalue weighted by molar-refractivity contribution is 7.12. The van der Waals surface area contributed by atoms with Crippen molar-refractivity contribution in [3.63, 3.8) is 0 Å². The molecule has 0 aliphatic rings. The van der Waals surface area contributed by atoms with Crippen molar-refractivity contribution in [3.8, 4) is 0 Å². The standard InChI is InChI=1S/C12H19NOS/c1-9(2)13(4)8-12-6-5-11(15-12)7-10(3)14/h5-6,9H,7-8H2,1-4H3. The van der Waals surface area contributed by atoms with Crippen molar-refractivity contribution in [3.05, 3.63) is 21.9 Å². The molecule has 1 rings (SSSR count). The van der Waals surface area contributed by atoms with E-state index in [4.69, 9.17) is 0 Å². The third kappa shape index (κ3) is 4.14. The zero-order chi connectivity index (χ0) is 11.4. The first kappa shape index (κ1) is 12.4. The van der Waals surface area contributed by atoms with Gasteiger partial charge in [0, 0.05) is 28.8 Å². The molecule has 0 bridgehead atoms. The number of thiophene rings is 1. The Kier molecular flexibility index (Phi) is 4.48. The Balaban J connectivity index is 2.56. The Hall–Kier alpha value is -0.670. The van der Waals surface area contributed by atoms with Crippen LogP contribution in [0, 0.1) is 0 Å². The first-order chi connectivity index (χ1) is 6.99. The van der Waals surface area contributed by atoms with E-state index in [-0.39, 0.29) is 5.78 Å². The molecule has 0 aromatic carbocycles. The zero-order valence-electron chi connectivity index (χ0n) is 9.91. The van der Waals surface area contributed by atoms with E-state index < -0.39 is 0 Å². The number of ketones is 1. The van der Waals surface area contributed by atoms with Gasteiger partial charge in [-0.2, -0.15) is 0 Å². The summed E-state index contributed by atoms with van der Waals surface area (Å²) in [4.78, 5) is 15.8. The molecule has 0 saturated heterocycles. The minimum absolute atomic E-state index is 0.237. The average molecular weight is 225 g/mol. The van der Waals surface area contributed by atoms with Gasteiger partial charge in [-0.3, -0.25) is 9.69 Å². The van der Waals surface area contributed by atoms with Crippen LogP contribution >= 0.6 is 11.3 Å². The molecule has 0 radical (unpaired) electrons. The van der Waals surface area contributed by atoms with Gasteiger partial charge in [0.2, 0.25) is 0 Å². The molecule has 0 aliphatic heterocycles. The highest BCUT2D eigenvalue weighted by Crippen LogP contribution is 2.19. The summed E-state index contributed by atoms with van der Waals surface area (Å²) in [5.41, 5.74) is 0. The van der Waals surface area contributed by atoms with Crippen molar-refractivity contribution in [2.45, 2.75) is 39.8 Å². The quantitative estimate of drug-likeness (QED) is 0.768. The van der Waals surface area contributed by atoms with E-state index >= 15 is 0 Å². The van der Waals surface area contributed by atoms with Gasteiger partial charge in [0.25, 0.3) is 0 Å². The lowest BCUT2D eigenvalue weighted by atomic mass is 10.2. The van der Waals surface area contributed by atoms with E-state index in [1.54, 1.807) is 18.3 Å². The molecule has 1 heterocycles. The van der Waals surface area contributed by atoms with Crippen molar-refractivity contribution in [2.75, 3.05) is 7.05 Å². The molecule has 84 valence electrons. The van der Waals surface area contributed by atoms with Gasteiger partial charge in [-0.05, 0) is 40.0 Å². The van der Waals surface area contributed by atoms with Crippen LogP contribution in [0.4, 0.5) is 0 Å². The lowest BCUT2D eigenvalue weighted by Crippen LogP contribution is -2.25. The Bertz CT molecular complexity index is 330. The van der Waals surface area contributed by atoms with Gasteiger partial charge < -0.3 is 0 Å². The second-order valence-electron chi connectivity index (χ2n) is 4.26. The van der Waals surface area contributed by atoms with Gasteiger partial charge in [-0.1, -0.05) is 0 Å². The summed E-state index contributed by atoms with van der Waals surface area (Å²) in [5.74, 6) is 0.237. The van der Waals surface area contributed by atoms with Crippen molar-refractivity contribution >= 4 is 17.1 Å². The SMILES string of the molecule is CC(=O)Cc1ccc(CN(C)C(C)C)s1. The minimum atomic E-state index is 0.237. The van der Waals surface area contributed by atoms with Crippen LogP contribution in [0.25, 0.3) is 0 Å². The molecule has 1 aromatic rings. The topological polar surface area (TPSA) is 20.3 Å². The summed E-state index contributed by atoms with van der Waals surface area (Å²) in [6, 6.07) is 4.75. The Labute approximate surface area is 95.9 Å². The molecule has 1 aromatic heterocycles. The Morgan fingerprint density at radius 3 is 2.53 bits per heavy atom. The van der Waals surface area contributed by atoms with E-state index in [2.05, 4.69) is 37.9 Å². The molecule has 2 nitrogen and oxygen atoms in total. The van der Waals surface area contributed by atoms with Crippen LogP contribution in [0.3, 0.4) is 0 Å². The lowest BCUT2D eigenvalue weighted by molar-refractivity contribution is -0.116. The third-order valence-electron chi connectivity index (χ3n) is 2.43. The van der Waals surface area contributed by atoms with Crippen molar-refractivity contribution in [1.29, 1.82) is 0 Å². The number of carbonyl (C=O) groups is 1. The molecule has 0 atom stereocenters. The van der Waals surface area contributed by atoms with E-state index in [0.717, 1.165) is 6.54 Å². The van der Waals surface area contributed by atoms with Gasteiger partial charge in [0.05, 0.1) is 0 Å². The number of nitrogens with zero attached hydrogens (tertiary/aromatic N) is 1. The van der Waals surface area contributed by atoms with Crippen LogP contribution in [0.15, 0.2) is 12.1 Å². The fraction of sp³-hybridized carbons (Fsp3) is 0.583. The minimum Gasteiger partial charge on any atom is -0.300 e. The normalized spacial score (nSPS) is 11.3.